The zero-order chi connectivity index (χ0) is 85.8. The highest BCUT2D eigenvalue weighted by atomic mass is 18.0. The molecule has 120 heavy (non-hydrogen) atoms. The molecule has 0 rings (SSSR count). The van der Waals surface area contributed by atoms with Gasteiger partial charge in [-0.1, -0.05) is 502 Å². The summed E-state index contributed by atoms with van der Waals surface area (Å²) in [6.45, 7) is 8.55. The fraction of sp³-hybridized carbons (Fsp3) is 0.989. The van der Waals surface area contributed by atoms with Crippen molar-refractivity contribution in [3.63, 3.8) is 0 Å². The summed E-state index contributed by atoms with van der Waals surface area (Å²) in [6.07, 6.45) is 104. The molecule has 0 aliphatic heterocycles. The zero-order valence-corrected chi connectivity index (χ0v) is 75.9. The van der Waals surface area contributed by atoms with Crippen LogP contribution in [0.4, 0.5) is 4.79 Å². The second-order valence-electron chi connectivity index (χ2n) is 32.4. The van der Waals surface area contributed by atoms with Gasteiger partial charge in [-0.25, -0.2) is 14.6 Å². The van der Waals surface area contributed by atoms with Crippen LogP contribution in [-0.4, -0.2) is 45.2 Å². The average Bonchev–Trinajstić information content (AvgIpc) is 0.976. The number of amides is 1. The molecule has 1 N–H and O–H groups in total. The first-order valence-corrected chi connectivity index (χ1v) is 48.8. The Morgan fingerprint density at radius 1 is 0.183 bits per heavy atom. The van der Waals surface area contributed by atoms with Crippen LogP contribution in [0.25, 0.3) is 0 Å². The number of carbonyl (C=O) groups is 1. The minimum absolute atomic E-state index is 0.0747. The number of unbranched alkanes of at least 4 members (excludes halogenated alkanes) is 75. The third-order valence-corrected chi connectivity index (χ3v) is 21.7. The summed E-state index contributed by atoms with van der Waals surface area (Å²) in [5, 5.41) is 102. The summed E-state index contributed by atoms with van der Waals surface area (Å²) in [7, 11) is 0. The molecular formula is C88H177NO31. The summed E-state index contributed by atoms with van der Waals surface area (Å²) in [6, 6.07) is 0. The maximum atomic E-state index is 12.2. The van der Waals surface area contributed by atoms with Crippen molar-refractivity contribution in [1.29, 1.82) is 0 Å². The topological polar surface area (TPSA) is 306 Å². The molecule has 0 aliphatic rings. The van der Waals surface area contributed by atoms with Gasteiger partial charge in [0.15, 0.2) is 0 Å². The van der Waals surface area contributed by atoms with Gasteiger partial charge >= 0.3 is 6.09 Å². The lowest BCUT2D eigenvalue weighted by atomic mass is 10.0. The lowest BCUT2D eigenvalue weighted by molar-refractivity contribution is -0.903. The van der Waals surface area contributed by atoms with E-state index < -0.39 is 12.2 Å². The van der Waals surface area contributed by atoms with Crippen molar-refractivity contribution in [2.75, 3.05) is 33.0 Å². The highest BCUT2D eigenvalue weighted by Crippen LogP contribution is 2.22. The summed E-state index contributed by atoms with van der Waals surface area (Å²) < 4.78 is 12.0. The fourth-order valence-corrected chi connectivity index (χ4v) is 14.6. The molecule has 0 bridgehead atoms. The minimum atomic E-state index is -1.03. The first-order valence-electron chi connectivity index (χ1n) is 48.8. The highest BCUT2D eigenvalue weighted by molar-refractivity contribution is 5.66. The van der Waals surface area contributed by atoms with Gasteiger partial charge in [-0.2, -0.15) is 0 Å². The number of rotatable bonds is 113. The van der Waals surface area contributed by atoms with Gasteiger partial charge in [-0.3, -0.25) is 0 Å². The molecule has 0 saturated carbocycles. The Hall–Kier alpha value is -1.89. The molecule has 0 fully saturated rings. The molecule has 0 saturated heterocycles. The van der Waals surface area contributed by atoms with E-state index in [1.807, 2.05) is 0 Å². The number of nitrogens with one attached hydrogen (secondary N) is 1. The molecule has 0 radical (unpaired) electrons. The largest absolute Gasteiger partial charge is 0.442 e. The predicted molar refractivity (Wildman–Crippen MR) is 446 cm³/mol. The van der Waals surface area contributed by atoms with E-state index in [0.29, 0.717) is 19.8 Å². The Morgan fingerprint density at radius 3 is 0.542 bits per heavy atom. The van der Waals surface area contributed by atoms with Crippen molar-refractivity contribution in [1.82, 2.24) is 5.32 Å². The average molecular weight is 1750 g/mol. The van der Waals surface area contributed by atoms with E-state index in [-0.39, 0.29) is 13.2 Å². The van der Waals surface area contributed by atoms with Crippen LogP contribution in [-0.2, 0) is 150 Å². The van der Waals surface area contributed by atoms with Crippen LogP contribution >= 0.6 is 0 Å². The Labute approximate surface area is 724 Å². The van der Waals surface area contributed by atoms with Crippen LogP contribution in [0.3, 0.4) is 0 Å². The molecular weight excluding hydrogens is 1570 g/mol. The lowest BCUT2D eigenvalue weighted by Gasteiger charge is -2.18. The Bertz CT molecular complexity index is 1810. The van der Waals surface area contributed by atoms with E-state index in [1.54, 1.807) is 0 Å². The maximum absolute atomic E-state index is 12.2. The Morgan fingerprint density at radius 2 is 0.342 bits per heavy atom. The quantitative estimate of drug-likeness (QED) is 0.0336. The van der Waals surface area contributed by atoms with Crippen LogP contribution < -0.4 is 5.32 Å². The van der Waals surface area contributed by atoms with Crippen molar-refractivity contribution in [3.8, 4) is 0 Å². The standard InChI is InChI=1S/C88H177NO31/c1-4-7-10-13-16-19-22-25-26-27-28-29-30-31-32-33-34-35-36-37-38-39-40-41-42-43-44-45-46-47-48-49-50-51-52-53-54-55-56-57-58-59-60-61-62-63-64-65-66-69-72-75-78-81-84-93-95-97-99-101-103-105-107-109-111-113-115-117-119-120-118-116-114-112-110-108-106-104-102-100-98-96-94-88(90)89-85-87(92-83-80-77-74-71-68-24-21-18-15-12-9-6-3)86-91-82-79-76-73-70-67-23-20-17-14-11-8-5-2/h87H,4-86H2,1-3H3,(H,89,90). The highest BCUT2D eigenvalue weighted by Gasteiger charge is 2.15. The number of hydrogen-bond acceptors (Lipinski definition) is 31. The van der Waals surface area contributed by atoms with E-state index in [4.69, 9.17) is 14.4 Å². The normalized spacial score (nSPS) is 12.0. The first kappa shape index (κ1) is 118. The SMILES string of the molecule is CCCCCCCCCCCCCCCCCCCCCCCCCCCCCCCCCCCCCCCCCCCCCCCCCCCCCCCCOOOOOOOOOOOOOOOOOOOOOOOOOOOOC(=O)NCC(COCCCCCCCCCCCCCC)OCCCCCCCCCCCCCC. The molecule has 0 heterocycles. The molecule has 1 amide bonds. The molecule has 720 valence electrons. The molecule has 0 aromatic rings. The van der Waals surface area contributed by atoms with Gasteiger partial charge in [-0.05, 0) is 59.6 Å². The monoisotopic (exact) mass is 1740 g/mol. The third-order valence-electron chi connectivity index (χ3n) is 21.7. The Balaban J connectivity index is 3.37. The predicted octanol–water partition coefficient (Wildman–Crippen LogP) is 29.8. The number of carbonyl (C=O) groups excluding carboxylic acids is 1. The van der Waals surface area contributed by atoms with Gasteiger partial charge in [0.05, 0.1) is 19.3 Å². The molecule has 0 aromatic carbocycles. The summed E-state index contributed by atoms with van der Waals surface area (Å²) in [4.78, 5) is 21.3. The molecule has 1 atom stereocenters. The second kappa shape index (κ2) is 113. The maximum Gasteiger partial charge on any atom is 0.442 e. The van der Waals surface area contributed by atoms with Crippen molar-refractivity contribution in [2.24, 2.45) is 0 Å². The molecule has 0 aromatic heterocycles. The molecule has 1 unspecified atom stereocenters. The van der Waals surface area contributed by atoms with Crippen molar-refractivity contribution in [3.05, 3.63) is 0 Å². The third kappa shape index (κ3) is 110. The van der Waals surface area contributed by atoms with E-state index in [0.717, 1.165) is 51.4 Å². The number of hydrogen-bond donors (Lipinski definition) is 1. The van der Waals surface area contributed by atoms with Gasteiger partial charge in [0.2, 0.25) is 0 Å². The molecule has 32 nitrogen and oxygen atoms in total. The van der Waals surface area contributed by atoms with Crippen LogP contribution in [0.5, 0.6) is 0 Å². The van der Waals surface area contributed by atoms with E-state index in [2.05, 4.69) is 162 Å². The van der Waals surface area contributed by atoms with Crippen LogP contribution in [0.15, 0.2) is 0 Å². The van der Waals surface area contributed by atoms with E-state index in [9.17, 15) is 4.79 Å². The smallest absolute Gasteiger partial charge is 0.379 e. The van der Waals surface area contributed by atoms with Crippen LogP contribution in [0.1, 0.15) is 522 Å². The lowest BCUT2D eigenvalue weighted by Crippen LogP contribution is -2.37. The number of ether oxygens (including phenoxy) is 2. The van der Waals surface area contributed by atoms with Crippen molar-refractivity contribution >= 4 is 6.09 Å². The summed E-state index contributed by atoms with van der Waals surface area (Å²) in [5.41, 5.74) is 0. The molecule has 0 spiro atoms. The Kier molecular flexibility index (Phi) is 111. The summed E-state index contributed by atoms with van der Waals surface area (Å²) >= 11 is 0. The van der Waals surface area contributed by atoms with Crippen molar-refractivity contribution < 1.29 is 155 Å². The van der Waals surface area contributed by atoms with Gasteiger partial charge in [-0.15, -0.1) is 0 Å². The second-order valence-corrected chi connectivity index (χ2v) is 32.4. The van der Waals surface area contributed by atoms with Gasteiger partial charge in [0.1, 0.15) is 0 Å². The minimum Gasteiger partial charge on any atom is -0.379 e. The molecule has 0 aliphatic carbocycles. The molecule has 32 heteroatoms. The first-order chi connectivity index (χ1) is 59.7. The van der Waals surface area contributed by atoms with Crippen LogP contribution in [0.2, 0.25) is 0 Å². The van der Waals surface area contributed by atoms with Gasteiger partial charge in [0, 0.05) is 110 Å². The van der Waals surface area contributed by atoms with Crippen LogP contribution in [0, 0.1) is 0 Å². The van der Waals surface area contributed by atoms with Gasteiger partial charge < -0.3 is 14.8 Å². The van der Waals surface area contributed by atoms with Gasteiger partial charge in [0.25, 0.3) is 0 Å². The van der Waals surface area contributed by atoms with Crippen molar-refractivity contribution in [2.45, 2.75) is 528 Å². The van der Waals surface area contributed by atoms with E-state index in [1.165, 1.54) is 449 Å². The summed E-state index contributed by atoms with van der Waals surface area (Å²) in [5.74, 6) is 0. The zero-order valence-electron chi connectivity index (χ0n) is 75.9. The van der Waals surface area contributed by atoms with E-state index >= 15 is 0 Å². The fourth-order valence-electron chi connectivity index (χ4n) is 14.6.